The Morgan fingerprint density at radius 3 is 1.65 bits per heavy atom. The number of rotatable bonds is 5. The van der Waals surface area contributed by atoms with Crippen LogP contribution in [0.15, 0.2) is 180 Å². The second-order valence-corrected chi connectivity index (χ2v) is 12.8. The summed E-state index contributed by atoms with van der Waals surface area (Å²) in [5.41, 5.74) is 8.93. The molecular formula is C47H29N3O. The van der Waals surface area contributed by atoms with E-state index in [1.54, 1.807) is 0 Å². The van der Waals surface area contributed by atoms with Gasteiger partial charge in [0.05, 0.1) is 0 Å². The number of aromatic nitrogens is 3. The Morgan fingerprint density at radius 2 is 0.863 bits per heavy atom. The molecule has 4 heteroatoms. The van der Waals surface area contributed by atoms with Crippen LogP contribution >= 0.6 is 0 Å². The molecule has 10 rings (SSSR count). The molecule has 0 saturated heterocycles. The highest BCUT2D eigenvalue weighted by Gasteiger charge is 2.18. The highest BCUT2D eigenvalue weighted by molar-refractivity contribution is 6.13. The van der Waals surface area contributed by atoms with E-state index in [2.05, 4.69) is 127 Å². The molecule has 0 fully saturated rings. The predicted molar refractivity (Wildman–Crippen MR) is 209 cm³/mol. The van der Waals surface area contributed by atoms with Gasteiger partial charge in [-0.1, -0.05) is 152 Å². The van der Waals surface area contributed by atoms with Crippen LogP contribution in [0.1, 0.15) is 0 Å². The van der Waals surface area contributed by atoms with Gasteiger partial charge < -0.3 is 4.42 Å². The van der Waals surface area contributed by atoms with E-state index in [1.807, 2.05) is 48.5 Å². The predicted octanol–water partition coefficient (Wildman–Crippen LogP) is 12.4. The minimum Gasteiger partial charge on any atom is -0.456 e. The van der Waals surface area contributed by atoms with Gasteiger partial charge in [0, 0.05) is 27.5 Å². The second-order valence-electron chi connectivity index (χ2n) is 12.8. The molecule has 0 aliphatic carbocycles. The number of nitrogens with zero attached hydrogens (tertiary/aromatic N) is 3. The second kappa shape index (κ2) is 11.9. The Kier molecular flexibility index (Phi) is 6.78. The Balaban J connectivity index is 1.10. The Labute approximate surface area is 294 Å². The van der Waals surface area contributed by atoms with Gasteiger partial charge in [-0.2, -0.15) is 0 Å². The highest BCUT2D eigenvalue weighted by Crippen LogP contribution is 2.39. The first-order chi connectivity index (χ1) is 25.2. The van der Waals surface area contributed by atoms with E-state index in [0.717, 1.165) is 55.3 Å². The van der Waals surface area contributed by atoms with Crippen LogP contribution in [-0.4, -0.2) is 15.0 Å². The molecule has 0 bridgehead atoms. The van der Waals surface area contributed by atoms with Gasteiger partial charge >= 0.3 is 0 Å². The third-order valence-electron chi connectivity index (χ3n) is 9.74. The molecule has 8 aromatic carbocycles. The van der Waals surface area contributed by atoms with Crippen LogP contribution in [0.3, 0.4) is 0 Å². The molecule has 51 heavy (non-hydrogen) atoms. The molecule has 0 spiro atoms. The molecule has 0 aliphatic heterocycles. The van der Waals surface area contributed by atoms with Crippen molar-refractivity contribution in [2.45, 2.75) is 0 Å². The van der Waals surface area contributed by atoms with Crippen molar-refractivity contribution in [2.75, 3.05) is 0 Å². The molecule has 238 valence electrons. The molecule has 2 aromatic heterocycles. The van der Waals surface area contributed by atoms with E-state index in [1.165, 1.54) is 27.1 Å². The Hall–Kier alpha value is -6.91. The molecule has 0 unspecified atom stereocenters. The zero-order valence-corrected chi connectivity index (χ0v) is 27.5. The third kappa shape index (κ3) is 5.13. The summed E-state index contributed by atoms with van der Waals surface area (Å²) in [6, 6.07) is 61.1. The van der Waals surface area contributed by atoms with Crippen LogP contribution < -0.4 is 0 Å². The van der Waals surface area contributed by atoms with Crippen LogP contribution in [0, 0.1) is 0 Å². The molecule has 10 aromatic rings. The standard InChI is InChI=1S/C47H29N3O/c1-3-10-30(11-4-1)31-18-23-35(24-19-31)46-48-45(34-13-5-2-6-14-34)49-47(50-46)40-16-9-17-42-44(40)39-27-26-37(29-43(39)51-42)36-25-22-33-21-20-32-12-7-8-15-38(32)41(33)28-36/h1-29H. The van der Waals surface area contributed by atoms with Gasteiger partial charge in [-0.25, -0.2) is 15.0 Å². The lowest BCUT2D eigenvalue weighted by atomic mass is 9.96. The lowest BCUT2D eigenvalue weighted by Gasteiger charge is -2.10. The summed E-state index contributed by atoms with van der Waals surface area (Å²) in [6.07, 6.45) is 0. The SMILES string of the molecule is c1ccc(-c2ccc(-c3nc(-c4ccccc4)nc(-c4cccc5oc6cc(-c7ccc8ccc9ccccc9c8c7)ccc6c45)n3)cc2)cc1. The van der Waals surface area contributed by atoms with Crippen LogP contribution in [0.5, 0.6) is 0 Å². The first-order valence-corrected chi connectivity index (χ1v) is 17.1. The van der Waals surface area contributed by atoms with Crippen LogP contribution in [0.25, 0.3) is 99.9 Å². The van der Waals surface area contributed by atoms with Crippen molar-refractivity contribution in [3.05, 3.63) is 176 Å². The Morgan fingerprint density at radius 1 is 0.314 bits per heavy atom. The zero-order chi connectivity index (χ0) is 33.7. The summed E-state index contributed by atoms with van der Waals surface area (Å²) in [7, 11) is 0. The lowest BCUT2D eigenvalue weighted by molar-refractivity contribution is 0.669. The smallest absolute Gasteiger partial charge is 0.164 e. The van der Waals surface area contributed by atoms with E-state index in [4.69, 9.17) is 19.4 Å². The summed E-state index contributed by atoms with van der Waals surface area (Å²) in [4.78, 5) is 15.1. The molecule has 0 atom stereocenters. The van der Waals surface area contributed by atoms with E-state index < -0.39 is 0 Å². The first-order valence-electron chi connectivity index (χ1n) is 17.1. The summed E-state index contributed by atoms with van der Waals surface area (Å²) < 4.78 is 6.55. The van der Waals surface area contributed by atoms with Gasteiger partial charge in [-0.3, -0.25) is 0 Å². The molecule has 0 radical (unpaired) electrons. The minimum atomic E-state index is 0.602. The molecule has 4 nitrogen and oxygen atoms in total. The quantitative estimate of drug-likeness (QED) is 0.174. The summed E-state index contributed by atoms with van der Waals surface area (Å²) >= 11 is 0. The minimum absolute atomic E-state index is 0.602. The number of furan rings is 1. The monoisotopic (exact) mass is 651 g/mol. The molecule has 0 amide bonds. The first kappa shape index (κ1) is 29.0. The van der Waals surface area contributed by atoms with Crippen molar-refractivity contribution in [3.63, 3.8) is 0 Å². The van der Waals surface area contributed by atoms with Crippen molar-refractivity contribution in [2.24, 2.45) is 0 Å². The van der Waals surface area contributed by atoms with Crippen molar-refractivity contribution in [1.82, 2.24) is 15.0 Å². The number of benzene rings is 8. The van der Waals surface area contributed by atoms with Crippen molar-refractivity contribution in [1.29, 1.82) is 0 Å². The lowest BCUT2D eigenvalue weighted by Crippen LogP contribution is -2.00. The van der Waals surface area contributed by atoms with Gasteiger partial charge in [-0.15, -0.1) is 0 Å². The van der Waals surface area contributed by atoms with E-state index in [0.29, 0.717) is 17.5 Å². The van der Waals surface area contributed by atoms with Crippen LogP contribution in [-0.2, 0) is 0 Å². The maximum Gasteiger partial charge on any atom is 0.164 e. The number of hydrogen-bond acceptors (Lipinski definition) is 4. The Bertz CT molecular complexity index is 2900. The van der Waals surface area contributed by atoms with Crippen molar-refractivity contribution in [3.8, 4) is 56.4 Å². The van der Waals surface area contributed by atoms with Crippen LogP contribution in [0.4, 0.5) is 0 Å². The summed E-state index contributed by atoms with van der Waals surface area (Å²) in [5, 5.41) is 6.97. The molecule has 2 heterocycles. The average molecular weight is 652 g/mol. The molecule has 0 N–H and O–H groups in total. The summed E-state index contributed by atoms with van der Waals surface area (Å²) in [6.45, 7) is 0. The van der Waals surface area contributed by atoms with Crippen LogP contribution in [0.2, 0.25) is 0 Å². The number of fused-ring (bicyclic) bond motifs is 6. The fourth-order valence-electron chi connectivity index (χ4n) is 7.16. The molecule has 0 saturated carbocycles. The van der Waals surface area contributed by atoms with Crippen molar-refractivity contribution >= 4 is 43.5 Å². The molecular weight excluding hydrogens is 623 g/mol. The maximum atomic E-state index is 6.55. The van der Waals surface area contributed by atoms with Gasteiger partial charge in [-0.05, 0) is 68.1 Å². The maximum absolute atomic E-state index is 6.55. The largest absolute Gasteiger partial charge is 0.456 e. The van der Waals surface area contributed by atoms with Gasteiger partial charge in [0.15, 0.2) is 17.5 Å². The van der Waals surface area contributed by atoms with Gasteiger partial charge in [0.1, 0.15) is 11.2 Å². The topological polar surface area (TPSA) is 51.8 Å². The van der Waals surface area contributed by atoms with E-state index in [9.17, 15) is 0 Å². The van der Waals surface area contributed by atoms with E-state index >= 15 is 0 Å². The summed E-state index contributed by atoms with van der Waals surface area (Å²) in [5.74, 6) is 1.85. The van der Waals surface area contributed by atoms with Gasteiger partial charge in [0.2, 0.25) is 0 Å². The number of hydrogen-bond donors (Lipinski definition) is 0. The third-order valence-corrected chi connectivity index (χ3v) is 9.74. The fraction of sp³-hybridized carbons (Fsp3) is 0. The van der Waals surface area contributed by atoms with Crippen molar-refractivity contribution < 1.29 is 4.42 Å². The average Bonchev–Trinajstić information content (AvgIpc) is 3.59. The normalized spacial score (nSPS) is 11.5. The zero-order valence-electron chi connectivity index (χ0n) is 27.5. The molecule has 0 aliphatic rings. The fourth-order valence-corrected chi connectivity index (χ4v) is 7.16. The van der Waals surface area contributed by atoms with Gasteiger partial charge in [0.25, 0.3) is 0 Å². The highest BCUT2D eigenvalue weighted by atomic mass is 16.3. The van der Waals surface area contributed by atoms with E-state index in [-0.39, 0.29) is 0 Å².